The maximum Gasteiger partial charge on any atom is 0.341 e. The van der Waals surface area contributed by atoms with Crippen molar-refractivity contribution >= 4 is 11.9 Å². The molecular weight excluding hydrogens is 328 g/mol. The van der Waals surface area contributed by atoms with Crippen LogP contribution >= 0.6 is 0 Å². The first-order chi connectivity index (χ1) is 12.7. The Bertz CT molecular complexity index is 628. The highest BCUT2D eigenvalue weighted by Gasteiger charge is 2.28. The number of carbonyl (C=O) groups excluding carboxylic acids is 2. The lowest BCUT2D eigenvalue weighted by atomic mass is 9.98. The Kier molecular flexibility index (Phi) is 7.87. The van der Waals surface area contributed by atoms with Gasteiger partial charge in [0.15, 0.2) is 0 Å². The molecule has 0 saturated heterocycles. The number of carbonyl (C=O) groups is 2. The lowest BCUT2D eigenvalue weighted by Crippen LogP contribution is -2.32. The number of hydrogen-bond acceptors (Lipinski definition) is 4. The summed E-state index contributed by atoms with van der Waals surface area (Å²) in [7, 11) is 0. The van der Waals surface area contributed by atoms with E-state index in [1.54, 1.807) is 48.5 Å². The normalized spacial score (nSPS) is 11.8. The van der Waals surface area contributed by atoms with Gasteiger partial charge >= 0.3 is 11.9 Å². The van der Waals surface area contributed by atoms with E-state index in [0.29, 0.717) is 11.1 Å². The molecule has 138 valence electrons. The van der Waals surface area contributed by atoms with Gasteiger partial charge in [0.25, 0.3) is 6.29 Å². The Morgan fingerprint density at radius 2 is 1.27 bits per heavy atom. The minimum Gasteiger partial charge on any atom is -0.421 e. The van der Waals surface area contributed by atoms with Crippen LogP contribution in [-0.2, 0) is 9.47 Å². The van der Waals surface area contributed by atoms with Crippen LogP contribution in [0.2, 0.25) is 0 Å². The van der Waals surface area contributed by atoms with Gasteiger partial charge in [-0.05, 0) is 37.1 Å². The summed E-state index contributed by atoms with van der Waals surface area (Å²) < 4.78 is 11.2. The average Bonchev–Trinajstić information content (AvgIpc) is 2.69. The Hall–Kier alpha value is -2.62. The molecule has 1 atom stereocenters. The van der Waals surface area contributed by atoms with Gasteiger partial charge in [0.2, 0.25) is 0 Å². The molecule has 0 bridgehead atoms. The molecule has 0 spiro atoms. The van der Waals surface area contributed by atoms with Crippen molar-refractivity contribution in [1.82, 2.24) is 0 Å². The maximum absolute atomic E-state index is 12.5. The van der Waals surface area contributed by atoms with E-state index < -0.39 is 18.2 Å². The monoisotopic (exact) mass is 354 g/mol. The molecule has 26 heavy (non-hydrogen) atoms. The third kappa shape index (κ3) is 5.73. The molecule has 0 heterocycles. The van der Waals surface area contributed by atoms with Gasteiger partial charge in [0.05, 0.1) is 11.1 Å². The van der Waals surface area contributed by atoms with E-state index in [0.717, 1.165) is 25.7 Å². The van der Waals surface area contributed by atoms with Crippen LogP contribution < -0.4 is 0 Å². The number of ether oxygens (including phenoxy) is 2. The Labute approximate surface area is 155 Å². The molecule has 0 saturated carbocycles. The van der Waals surface area contributed by atoms with Crippen LogP contribution in [0.15, 0.2) is 60.7 Å². The van der Waals surface area contributed by atoms with Crippen LogP contribution in [0, 0.1) is 5.92 Å². The highest BCUT2D eigenvalue weighted by Crippen LogP contribution is 2.23. The summed E-state index contributed by atoms with van der Waals surface area (Å²) in [5.41, 5.74) is 0.886. The molecule has 0 fully saturated rings. The SMILES string of the molecule is CCCCC(CC)C(OC(=O)c1ccccc1)OC(=O)c1ccccc1. The molecule has 0 radical (unpaired) electrons. The largest absolute Gasteiger partial charge is 0.421 e. The van der Waals surface area contributed by atoms with E-state index in [2.05, 4.69) is 6.92 Å². The fourth-order valence-corrected chi connectivity index (χ4v) is 2.71. The third-order valence-electron chi connectivity index (χ3n) is 4.30. The summed E-state index contributed by atoms with van der Waals surface area (Å²) in [6, 6.07) is 17.5. The summed E-state index contributed by atoms with van der Waals surface area (Å²) in [4.78, 5) is 24.9. The number of unbranched alkanes of at least 4 members (excludes halogenated alkanes) is 1. The van der Waals surface area contributed by atoms with Gasteiger partial charge in [0.1, 0.15) is 0 Å². The first-order valence-electron chi connectivity index (χ1n) is 9.17. The van der Waals surface area contributed by atoms with Gasteiger partial charge in [-0.15, -0.1) is 0 Å². The van der Waals surface area contributed by atoms with Crippen molar-refractivity contribution in [2.24, 2.45) is 5.92 Å². The highest BCUT2D eigenvalue weighted by atomic mass is 16.7. The van der Waals surface area contributed by atoms with Crippen molar-refractivity contribution in [2.45, 2.75) is 45.8 Å². The molecule has 0 aromatic heterocycles. The van der Waals surface area contributed by atoms with Crippen LogP contribution in [-0.4, -0.2) is 18.2 Å². The van der Waals surface area contributed by atoms with Gasteiger partial charge in [0, 0.05) is 5.92 Å². The lowest BCUT2D eigenvalue weighted by Gasteiger charge is -2.26. The number of rotatable bonds is 9. The van der Waals surface area contributed by atoms with Gasteiger partial charge in [-0.2, -0.15) is 0 Å². The first kappa shape index (κ1) is 19.7. The van der Waals surface area contributed by atoms with Gasteiger partial charge < -0.3 is 9.47 Å². The maximum atomic E-state index is 12.5. The number of benzene rings is 2. The quantitative estimate of drug-likeness (QED) is 0.456. The Balaban J connectivity index is 2.15. The molecule has 0 aliphatic heterocycles. The average molecular weight is 354 g/mol. The van der Waals surface area contributed by atoms with Gasteiger partial charge in [-0.3, -0.25) is 0 Å². The summed E-state index contributed by atoms with van der Waals surface area (Å²) in [6.07, 6.45) is 2.71. The van der Waals surface area contributed by atoms with Crippen molar-refractivity contribution in [3.63, 3.8) is 0 Å². The van der Waals surface area contributed by atoms with Crippen LogP contribution in [0.5, 0.6) is 0 Å². The second-order valence-electron chi connectivity index (χ2n) is 6.22. The van der Waals surface area contributed by atoms with Crippen LogP contribution in [0.25, 0.3) is 0 Å². The molecule has 2 aromatic carbocycles. The predicted molar refractivity (Wildman–Crippen MR) is 101 cm³/mol. The van der Waals surface area contributed by atoms with E-state index in [9.17, 15) is 9.59 Å². The van der Waals surface area contributed by atoms with E-state index in [4.69, 9.17) is 9.47 Å². The summed E-state index contributed by atoms with van der Waals surface area (Å²) in [5.74, 6) is -0.993. The molecule has 2 rings (SSSR count). The molecule has 4 heteroatoms. The molecule has 0 aliphatic carbocycles. The van der Waals surface area contributed by atoms with E-state index in [1.165, 1.54) is 0 Å². The summed E-state index contributed by atoms with van der Waals surface area (Å²) in [5, 5.41) is 0. The van der Waals surface area contributed by atoms with Gasteiger partial charge in [-0.1, -0.05) is 63.1 Å². The minimum absolute atomic E-state index is 0.0322. The standard InChI is InChI=1S/C22H26O4/c1-3-5-12-17(4-2)22(25-20(23)18-13-8-6-9-14-18)26-21(24)19-15-10-7-11-16-19/h6-11,13-17,22H,3-5,12H2,1-2H3. The highest BCUT2D eigenvalue weighted by molar-refractivity contribution is 5.91. The summed E-state index contributed by atoms with van der Waals surface area (Å²) in [6.45, 7) is 4.12. The topological polar surface area (TPSA) is 52.6 Å². The Morgan fingerprint density at radius 3 is 1.65 bits per heavy atom. The van der Waals surface area contributed by atoms with Crippen LogP contribution in [0.3, 0.4) is 0 Å². The van der Waals surface area contributed by atoms with Gasteiger partial charge in [-0.25, -0.2) is 9.59 Å². The minimum atomic E-state index is -0.896. The van der Waals surface area contributed by atoms with Crippen molar-refractivity contribution < 1.29 is 19.1 Å². The first-order valence-corrected chi connectivity index (χ1v) is 9.17. The van der Waals surface area contributed by atoms with E-state index in [1.807, 2.05) is 19.1 Å². The van der Waals surface area contributed by atoms with Crippen molar-refractivity contribution in [3.05, 3.63) is 71.8 Å². The zero-order chi connectivity index (χ0) is 18.8. The van der Waals surface area contributed by atoms with E-state index >= 15 is 0 Å². The molecule has 0 amide bonds. The van der Waals surface area contributed by atoms with Crippen molar-refractivity contribution in [2.75, 3.05) is 0 Å². The molecule has 4 nitrogen and oxygen atoms in total. The molecule has 0 aliphatic rings. The number of hydrogen-bond donors (Lipinski definition) is 0. The fraction of sp³-hybridized carbons (Fsp3) is 0.364. The number of esters is 2. The summed E-state index contributed by atoms with van der Waals surface area (Å²) >= 11 is 0. The van der Waals surface area contributed by atoms with Crippen molar-refractivity contribution in [1.29, 1.82) is 0 Å². The predicted octanol–water partition coefficient (Wildman–Crippen LogP) is 5.24. The smallest absolute Gasteiger partial charge is 0.341 e. The third-order valence-corrected chi connectivity index (χ3v) is 4.30. The molecule has 1 unspecified atom stereocenters. The molecule has 2 aromatic rings. The molecular formula is C22H26O4. The fourth-order valence-electron chi connectivity index (χ4n) is 2.71. The van der Waals surface area contributed by atoms with Crippen LogP contribution in [0.1, 0.15) is 60.2 Å². The lowest BCUT2D eigenvalue weighted by molar-refractivity contribution is -0.111. The second kappa shape index (κ2) is 10.4. The van der Waals surface area contributed by atoms with E-state index in [-0.39, 0.29) is 5.92 Å². The second-order valence-corrected chi connectivity index (χ2v) is 6.22. The Morgan fingerprint density at radius 1 is 0.808 bits per heavy atom. The van der Waals surface area contributed by atoms with Crippen molar-refractivity contribution in [3.8, 4) is 0 Å². The van der Waals surface area contributed by atoms with Crippen LogP contribution in [0.4, 0.5) is 0 Å². The zero-order valence-electron chi connectivity index (χ0n) is 15.4. The zero-order valence-corrected chi connectivity index (χ0v) is 15.4. The molecule has 0 N–H and O–H groups in total.